The third-order valence-electron chi connectivity index (χ3n) is 5.97. The Bertz CT molecular complexity index is 1140. The molecule has 0 saturated carbocycles. The zero-order chi connectivity index (χ0) is 19.5. The molecule has 2 aliphatic rings. The zero-order valence-corrected chi connectivity index (χ0v) is 15.6. The van der Waals surface area contributed by atoms with E-state index in [0.29, 0.717) is 5.57 Å². The lowest BCUT2D eigenvalue weighted by atomic mass is 9.90. The number of fused-ring (bicyclic) bond motifs is 5. The average Bonchev–Trinajstić information content (AvgIpc) is 3.17. The molecular weight excluding hydrogens is 359 g/mol. The summed E-state index contributed by atoms with van der Waals surface area (Å²) in [6, 6.07) is 14.5. The van der Waals surface area contributed by atoms with Crippen molar-refractivity contribution in [2.45, 2.75) is 32.5 Å². The fraction of sp³-hybridized carbons (Fsp3) is 0.250. The van der Waals surface area contributed by atoms with Crippen LogP contribution < -0.4 is 0 Å². The highest BCUT2D eigenvalue weighted by Gasteiger charge is 2.42. The second-order valence-electron chi connectivity index (χ2n) is 7.76. The highest BCUT2D eigenvalue weighted by atomic mass is 19.4. The summed E-state index contributed by atoms with van der Waals surface area (Å²) in [6.07, 6.45) is 1.58. The summed E-state index contributed by atoms with van der Waals surface area (Å²) in [4.78, 5) is 0. The van der Waals surface area contributed by atoms with Crippen molar-refractivity contribution in [1.29, 1.82) is 0 Å². The zero-order valence-electron chi connectivity index (χ0n) is 15.6. The molecular formula is C24H20F3N. The molecule has 0 N–H and O–H groups in total. The average molecular weight is 379 g/mol. The second-order valence-corrected chi connectivity index (χ2v) is 7.76. The summed E-state index contributed by atoms with van der Waals surface area (Å²) in [6.45, 7) is 2.33. The molecule has 1 nitrogen and oxygen atoms in total. The van der Waals surface area contributed by atoms with Gasteiger partial charge in [-0.25, -0.2) is 0 Å². The lowest BCUT2D eigenvalue weighted by molar-refractivity contribution is -0.164. The molecule has 1 atom stereocenters. The van der Waals surface area contributed by atoms with E-state index < -0.39 is 12.1 Å². The first-order valence-electron chi connectivity index (χ1n) is 9.56. The van der Waals surface area contributed by atoms with E-state index in [2.05, 4.69) is 29.7 Å². The van der Waals surface area contributed by atoms with E-state index in [1.165, 1.54) is 16.7 Å². The minimum atomic E-state index is -4.22. The summed E-state index contributed by atoms with van der Waals surface area (Å²) < 4.78 is 42.9. The van der Waals surface area contributed by atoms with Gasteiger partial charge in [-0.1, -0.05) is 54.1 Å². The molecule has 0 fully saturated rings. The number of benzene rings is 2. The van der Waals surface area contributed by atoms with Gasteiger partial charge in [-0.2, -0.15) is 13.2 Å². The Morgan fingerprint density at radius 2 is 1.93 bits per heavy atom. The van der Waals surface area contributed by atoms with E-state index in [4.69, 9.17) is 0 Å². The van der Waals surface area contributed by atoms with Gasteiger partial charge in [-0.05, 0) is 42.2 Å². The predicted molar refractivity (Wildman–Crippen MR) is 106 cm³/mol. The molecule has 2 aromatic carbocycles. The number of aryl methyl sites for hydroxylation is 1. The molecule has 2 aliphatic carbocycles. The first kappa shape index (κ1) is 17.4. The van der Waals surface area contributed by atoms with Crippen molar-refractivity contribution in [3.8, 4) is 11.1 Å². The Hall–Kier alpha value is -2.75. The highest BCUT2D eigenvalue weighted by molar-refractivity contribution is 6.01. The maximum atomic E-state index is 13.6. The van der Waals surface area contributed by atoms with Crippen LogP contribution in [0.5, 0.6) is 0 Å². The number of rotatable bonds is 2. The van der Waals surface area contributed by atoms with E-state index in [1.807, 2.05) is 24.3 Å². The van der Waals surface area contributed by atoms with Crippen LogP contribution in [0.1, 0.15) is 23.2 Å². The number of hydrogen-bond donors (Lipinski definition) is 0. The van der Waals surface area contributed by atoms with Crippen molar-refractivity contribution in [3.63, 3.8) is 0 Å². The Labute approximate surface area is 161 Å². The molecule has 1 aromatic heterocycles. The van der Waals surface area contributed by atoms with E-state index in [9.17, 15) is 13.2 Å². The van der Waals surface area contributed by atoms with Gasteiger partial charge in [0.15, 0.2) is 0 Å². The summed E-state index contributed by atoms with van der Waals surface area (Å²) >= 11 is 0. The summed E-state index contributed by atoms with van der Waals surface area (Å²) in [7, 11) is 0. The fourth-order valence-corrected chi connectivity index (χ4v) is 4.65. The van der Waals surface area contributed by atoms with Gasteiger partial charge in [0.05, 0.1) is 5.92 Å². The minimum Gasteiger partial charge on any atom is -0.339 e. The summed E-state index contributed by atoms with van der Waals surface area (Å²) in [5.41, 5.74) is 7.37. The van der Waals surface area contributed by atoms with Crippen LogP contribution in [-0.4, -0.2) is 10.7 Å². The van der Waals surface area contributed by atoms with Crippen LogP contribution in [0.4, 0.5) is 13.2 Å². The van der Waals surface area contributed by atoms with E-state index in [-0.39, 0.29) is 13.0 Å². The first-order valence-corrected chi connectivity index (χ1v) is 9.56. The van der Waals surface area contributed by atoms with Crippen LogP contribution in [-0.2, 0) is 13.0 Å². The Morgan fingerprint density at radius 1 is 1.11 bits per heavy atom. The molecule has 28 heavy (non-hydrogen) atoms. The molecule has 3 aromatic rings. The van der Waals surface area contributed by atoms with Crippen molar-refractivity contribution >= 4 is 10.9 Å². The lowest BCUT2D eigenvalue weighted by Gasteiger charge is -2.25. The molecule has 5 rings (SSSR count). The minimum absolute atomic E-state index is 0.0239. The Balaban J connectivity index is 1.69. The van der Waals surface area contributed by atoms with E-state index >= 15 is 0 Å². The smallest absolute Gasteiger partial charge is 0.339 e. The molecule has 0 spiro atoms. The van der Waals surface area contributed by atoms with Crippen LogP contribution in [0.15, 0.2) is 66.3 Å². The standard InChI is InChI=1S/C24H20F3N/c1-15-10-11-21-19(12-15)23-18-8-4-2-6-16(18)13-22(23)28(21)14-17-7-3-5-9-20(17)24(25,26)27/h2-8,10-12,20H,9,13-14H2,1H3. The van der Waals surface area contributed by atoms with E-state index in [1.54, 1.807) is 18.2 Å². The molecule has 4 heteroatoms. The van der Waals surface area contributed by atoms with Gasteiger partial charge in [-0.15, -0.1) is 0 Å². The molecule has 1 heterocycles. The molecule has 1 unspecified atom stereocenters. The number of alkyl halides is 3. The predicted octanol–water partition coefficient (Wildman–Crippen LogP) is 6.59. The largest absolute Gasteiger partial charge is 0.395 e. The topological polar surface area (TPSA) is 4.93 Å². The van der Waals surface area contributed by atoms with Crippen LogP contribution in [0.2, 0.25) is 0 Å². The third-order valence-corrected chi connectivity index (χ3v) is 5.97. The number of nitrogens with zero attached hydrogens (tertiary/aromatic N) is 1. The Morgan fingerprint density at radius 3 is 2.75 bits per heavy atom. The Kier molecular flexibility index (Phi) is 3.80. The van der Waals surface area contributed by atoms with Gasteiger partial charge in [0, 0.05) is 35.1 Å². The van der Waals surface area contributed by atoms with Gasteiger partial charge in [0.1, 0.15) is 0 Å². The monoisotopic (exact) mass is 379 g/mol. The van der Waals surface area contributed by atoms with Gasteiger partial charge in [0.2, 0.25) is 0 Å². The molecule has 0 saturated heterocycles. The van der Waals surface area contributed by atoms with Crippen LogP contribution in [0.25, 0.3) is 22.0 Å². The molecule has 0 amide bonds. The van der Waals surface area contributed by atoms with Crippen LogP contribution in [0.3, 0.4) is 0 Å². The second kappa shape index (κ2) is 6.13. The van der Waals surface area contributed by atoms with Crippen LogP contribution >= 0.6 is 0 Å². The van der Waals surface area contributed by atoms with Crippen molar-refractivity contribution in [2.24, 2.45) is 5.92 Å². The molecule has 0 aliphatic heterocycles. The number of aromatic nitrogens is 1. The molecule has 0 radical (unpaired) electrons. The third kappa shape index (κ3) is 2.62. The van der Waals surface area contributed by atoms with Gasteiger partial charge >= 0.3 is 6.18 Å². The SMILES string of the molecule is Cc1ccc2c(c1)c1c(n2CC2=CC=CCC2C(F)(F)F)Cc2ccccc2-1. The fourth-order valence-electron chi connectivity index (χ4n) is 4.65. The van der Waals surface area contributed by atoms with Gasteiger partial charge < -0.3 is 4.57 Å². The number of halogens is 3. The van der Waals surface area contributed by atoms with Crippen molar-refractivity contribution in [2.75, 3.05) is 0 Å². The van der Waals surface area contributed by atoms with Crippen LogP contribution in [0, 0.1) is 12.8 Å². The van der Waals surface area contributed by atoms with Gasteiger partial charge in [0.25, 0.3) is 0 Å². The number of hydrogen-bond acceptors (Lipinski definition) is 0. The maximum Gasteiger partial charge on any atom is 0.395 e. The lowest BCUT2D eigenvalue weighted by Crippen LogP contribution is -2.27. The van der Waals surface area contributed by atoms with Crippen molar-refractivity contribution in [3.05, 3.63) is 83.1 Å². The van der Waals surface area contributed by atoms with Crippen molar-refractivity contribution in [1.82, 2.24) is 4.57 Å². The maximum absolute atomic E-state index is 13.6. The van der Waals surface area contributed by atoms with Crippen molar-refractivity contribution < 1.29 is 13.2 Å². The van der Waals surface area contributed by atoms with E-state index in [0.717, 1.165) is 28.6 Å². The molecule has 0 bridgehead atoms. The normalized spacial score (nSPS) is 18.3. The first-order chi connectivity index (χ1) is 13.4. The summed E-state index contributed by atoms with van der Waals surface area (Å²) in [5, 5.41) is 1.13. The van der Waals surface area contributed by atoms with Gasteiger partial charge in [-0.3, -0.25) is 0 Å². The molecule has 142 valence electrons. The quantitative estimate of drug-likeness (QED) is 0.370. The summed E-state index contributed by atoms with van der Waals surface area (Å²) in [5.74, 6) is -1.40. The number of allylic oxidation sites excluding steroid dienone is 4. The highest BCUT2D eigenvalue weighted by Crippen LogP contribution is 2.45.